The maximum Gasteiger partial charge on any atom is 0.243 e. The number of amides is 1. The molecule has 1 N–H and O–H groups in total. The van der Waals surface area contributed by atoms with Gasteiger partial charge in [-0.05, 0) is 68.1 Å². The number of anilines is 1. The van der Waals surface area contributed by atoms with Gasteiger partial charge in [0.05, 0.1) is 21.2 Å². The first-order valence-electron chi connectivity index (χ1n) is 10.7. The second-order valence-electron chi connectivity index (χ2n) is 8.07. The number of nitrogens with zero attached hydrogens (tertiary/aromatic N) is 2. The van der Waals surface area contributed by atoms with Gasteiger partial charge in [0.25, 0.3) is 0 Å². The highest BCUT2D eigenvalue weighted by Gasteiger charge is 2.26. The Balaban J connectivity index is 1.50. The summed E-state index contributed by atoms with van der Waals surface area (Å²) in [5.74, 6) is 0.153. The fraction of sp³-hybridized carbons (Fsp3) is 0.333. The van der Waals surface area contributed by atoms with Crippen LogP contribution in [0.3, 0.4) is 0 Å². The molecule has 0 atom stereocenters. The molecule has 2 heterocycles. The van der Waals surface area contributed by atoms with Crippen molar-refractivity contribution in [3.63, 3.8) is 0 Å². The van der Waals surface area contributed by atoms with Crippen LogP contribution in [-0.4, -0.2) is 42.5 Å². The number of carbonyl (C=O) groups is 1. The lowest BCUT2D eigenvalue weighted by molar-refractivity contribution is -0.113. The molecule has 4 rings (SSSR count). The SMILES string of the molecule is Cc1ccccc1NC(=O)CSc1cc(C)c2cc(S(=O)(=O)N3CCCCC3)ccc2n1. The largest absolute Gasteiger partial charge is 0.325 e. The summed E-state index contributed by atoms with van der Waals surface area (Å²) in [5.41, 5.74) is 3.49. The number of thioether (sulfide) groups is 1. The van der Waals surface area contributed by atoms with E-state index >= 15 is 0 Å². The standard InChI is InChI=1S/C24H27N3O3S2/c1-17-8-4-5-9-21(17)25-23(28)16-31-24-14-18(2)20-15-19(10-11-22(20)26-24)32(29,30)27-12-6-3-7-13-27/h4-5,8-11,14-15H,3,6-7,12-13,16H2,1-2H3,(H,25,28). The van der Waals surface area contributed by atoms with E-state index in [0.29, 0.717) is 18.0 Å². The van der Waals surface area contributed by atoms with Crippen LogP contribution in [0.25, 0.3) is 10.9 Å². The highest BCUT2D eigenvalue weighted by molar-refractivity contribution is 7.99. The van der Waals surface area contributed by atoms with E-state index in [1.807, 2.05) is 44.2 Å². The fourth-order valence-corrected chi connectivity index (χ4v) is 6.19. The van der Waals surface area contributed by atoms with Crippen molar-refractivity contribution in [2.75, 3.05) is 24.2 Å². The monoisotopic (exact) mass is 469 g/mol. The van der Waals surface area contributed by atoms with Crippen molar-refractivity contribution in [2.24, 2.45) is 0 Å². The number of piperidine rings is 1. The van der Waals surface area contributed by atoms with Crippen LogP contribution in [0.5, 0.6) is 0 Å². The summed E-state index contributed by atoms with van der Waals surface area (Å²) in [4.78, 5) is 17.3. The van der Waals surface area contributed by atoms with Crippen molar-refractivity contribution in [1.82, 2.24) is 9.29 Å². The molecule has 32 heavy (non-hydrogen) atoms. The predicted molar refractivity (Wildman–Crippen MR) is 130 cm³/mol. The lowest BCUT2D eigenvalue weighted by Gasteiger charge is -2.26. The number of carbonyl (C=O) groups excluding carboxylic acids is 1. The van der Waals surface area contributed by atoms with Gasteiger partial charge in [0, 0.05) is 24.2 Å². The van der Waals surface area contributed by atoms with Crippen LogP contribution in [0, 0.1) is 13.8 Å². The Morgan fingerprint density at radius 3 is 2.53 bits per heavy atom. The van der Waals surface area contributed by atoms with Crippen LogP contribution in [0.4, 0.5) is 5.69 Å². The van der Waals surface area contributed by atoms with Crippen LogP contribution in [0.15, 0.2) is 58.5 Å². The maximum absolute atomic E-state index is 13.0. The Bertz CT molecular complexity index is 1250. The number of para-hydroxylation sites is 1. The minimum Gasteiger partial charge on any atom is -0.325 e. The number of pyridine rings is 1. The van der Waals surface area contributed by atoms with Gasteiger partial charge in [-0.3, -0.25) is 4.79 Å². The lowest BCUT2D eigenvalue weighted by Crippen LogP contribution is -2.35. The van der Waals surface area contributed by atoms with E-state index in [-0.39, 0.29) is 11.7 Å². The topological polar surface area (TPSA) is 79.4 Å². The minimum absolute atomic E-state index is 0.0909. The second-order valence-corrected chi connectivity index (χ2v) is 11.0. The molecular weight excluding hydrogens is 442 g/mol. The van der Waals surface area contributed by atoms with E-state index in [2.05, 4.69) is 10.3 Å². The average molecular weight is 470 g/mol. The highest BCUT2D eigenvalue weighted by atomic mass is 32.2. The third-order valence-corrected chi connectivity index (χ3v) is 8.49. The number of hydrogen-bond donors (Lipinski definition) is 1. The normalized spacial score (nSPS) is 15.1. The number of sulfonamides is 1. The summed E-state index contributed by atoms with van der Waals surface area (Å²) in [6.45, 7) is 5.06. The zero-order valence-electron chi connectivity index (χ0n) is 18.3. The lowest BCUT2D eigenvalue weighted by atomic mass is 10.1. The molecule has 8 heteroatoms. The first-order valence-corrected chi connectivity index (χ1v) is 13.2. The number of benzene rings is 2. The van der Waals surface area contributed by atoms with Crippen LogP contribution < -0.4 is 5.32 Å². The first-order chi connectivity index (χ1) is 15.3. The molecule has 0 bridgehead atoms. The Labute approximate surface area is 193 Å². The number of nitrogens with one attached hydrogen (secondary N) is 1. The third kappa shape index (κ3) is 4.98. The molecule has 1 fully saturated rings. The zero-order chi connectivity index (χ0) is 22.7. The van der Waals surface area contributed by atoms with Crippen LogP contribution in [-0.2, 0) is 14.8 Å². The predicted octanol–water partition coefficient (Wildman–Crippen LogP) is 4.76. The molecular formula is C24H27N3O3S2. The molecule has 168 valence electrons. The van der Waals surface area contributed by atoms with Crippen molar-refractivity contribution < 1.29 is 13.2 Å². The molecule has 2 aromatic carbocycles. The number of fused-ring (bicyclic) bond motifs is 1. The van der Waals surface area contributed by atoms with Gasteiger partial charge in [-0.25, -0.2) is 13.4 Å². The molecule has 1 aromatic heterocycles. The molecule has 1 aliphatic heterocycles. The summed E-state index contributed by atoms with van der Waals surface area (Å²) >= 11 is 1.37. The summed E-state index contributed by atoms with van der Waals surface area (Å²) in [7, 11) is -3.49. The maximum atomic E-state index is 13.0. The quantitative estimate of drug-likeness (QED) is 0.527. The van der Waals surface area contributed by atoms with Crippen LogP contribution in [0.2, 0.25) is 0 Å². The molecule has 6 nitrogen and oxygen atoms in total. The third-order valence-electron chi connectivity index (χ3n) is 5.69. The van der Waals surface area contributed by atoms with Gasteiger partial charge in [0.15, 0.2) is 0 Å². The Kier molecular flexibility index (Phi) is 6.83. The Morgan fingerprint density at radius 1 is 1.03 bits per heavy atom. The van der Waals surface area contributed by atoms with Gasteiger partial charge in [-0.2, -0.15) is 4.31 Å². The number of hydrogen-bond acceptors (Lipinski definition) is 5. The van der Waals surface area contributed by atoms with E-state index in [1.54, 1.807) is 22.5 Å². The molecule has 1 aliphatic rings. The minimum atomic E-state index is -3.49. The average Bonchev–Trinajstić information content (AvgIpc) is 2.79. The van der Waals surface area contributed by atoms with Crippen molar-refractivity contribution in [3.05, 3.63) is 59.7 Å². The molecule has 0 unspecified atom stereocenters. The second kappa shape index (κ2) is 9.60. The van der Waals surface area contributed by atoms with E-state index in [4.69, 9.17) is 0 Å². The molecule has 0 spiro atoms. The smallest absolute Gasteiger partial charge is 0.243 e. The molecule has 1 amide bonds. The number of aryl methyl sites for hydroxylation is 2. The molecule has 1 saturated heterocycles. The van der Waals surface area contributed by atoms with Crippen LogP contribution in [0.1, 0.15) is 30.4 Å². The first kappa shape index (κ1) is 22.8. The van der Waals surface area contributed by atoms with E-state index in [9.17, 15) is 13.2 Å². The Morgan fingerprint density at radius 2 is 1.78 bits per heavy atom. The van der Waals surface area contributed by atoms with Crippen LogP contribution >= 0.6 is 11.8 Å². The van der Waals surface area contributed by atoms with Crippen molar-refractivity contribution in [2.45, 2.75) is 43.0 Å². The summed E-state index contributed by atoms with van der Waals surface area (Å²) in [6.07, 6.45) is 2.90. The highest BCUT2D eigenvalue weighted by Crippen LogP contribution is 2.28. The van der Waals surface area contributed by atoms with Gasteiger partial charge in [0.2, 0.25) is 15.9 Å². The van der Waals surface area contributed by atoms with E-state index in [0.717, 1.165) is 52.0 Å². The van der Waals surface area contributed by atoms with Gasteiger partial charge in [0.1, 0.15) is 0 Å². The van der Waals surface area contributed by atoms with Crippen molar-refractivity contribution in [3.8, 4) is 0 Å². The molecule has 3 aromatic rings. The number of rotatable bonds is 6. The molecule has 0 saturated carbocycles. The van der Waals surface area contributed by atoms with Gasteiger partial charge >= 0.3 is 0 Å². The van der Waals surface area contributed by atoms with Gasteiger partial charge in [-0.1, -0.05) is 36.4 Å². The summed E-state index contributed by atoms with van der Waals surface area (Å²) in [5, 5.41) is 4.48. The molecule has 0 aliphatic carbocycles. The van der Waals surface area contributed by atoms with Gasteiger partial charge < -0.3 is 5.32 Å². The van der Waals surface area contributed by atoms with Gasteiger partial charge in [-0.15, -0.1) is 0 Å². The summed E-state index contributed by atoms with van der Waals surface area (Å²) < 4.78 is 27.6. The summed E-state index contributed by atoms with van der Waals surface area (Å²) in [6, 6.07) is 14.7. The molecule has 0 radical (unpaired) electrons. The Hall–Kier alpha value is -2.42. The van der Waals surface area contributed by atoms with Crippen molar-refractivity contribution in [1.29, 1.82) is 0 Å². The van der Waals surface area contributed by atoms with E-state index < -0.39 is 10.0 Å². The van der Waals surface area contributed by atoms with E-state index in [1.165, 1.54) is 11.8 Å². The fourth-order valence-electron chi connectivity index (χ4n) is 3.87. The number of aromatic nitrogens is 1. The zero-order valence-corrected chi connectivity index (χ0v) is 19.9. The van der Waals surface area contributed by atoms with Crippen molar-refractivity contribution >= 4 is 44.3 Å².